The number of aliphatic hydroxyl groups is 1. The van der Waals surface area contributed by atoms with Crippen LogP contribution in [0.3, 0.4) is 0 Å². The molecular formula is C20H25N3O. The summed E-state index contributed by atoms with van der Waals surface area (Å²) >= 11 is 0. The Hall–Kier alpha value is -2.33. The van der Waals surface area contributed by atoms with E-state index in [0.717, 1.165) is 18.9 Å². The molecule has 1 N–H and O–H groups in total. The molecule has 4 heteroatoms. The number of aliphatic imine (C=N–C) groups is 1. The van der Waals surface area contributed by atoms with Gasteiger partial charge in [0.25, 0.3) is 0 Å². The van der Waals surface area contributed by atoms with Gasteiger partial charge in [0.15, 0.2) is 5.96 Å². The zero-order valence-corrected chi connectivity index (χ0v) is 14.3. The number of hydrogen-bond donors (Lipinski definition) is 1. The highest BCUT2D eigenvalue weighted by atomic mass is 16.3. The molecule has 24 heavy (non-hydrogen) atoms. The molecule has 3 rings (SSSR count). The normalized spacial score (nSPS) is 20.6. The maximum atomic E-state index is 9.76. The van der Waals surface area contributed by atoms with Crippen LogP contribution in [0.25, 0.3) is 0 Å². The van der Waals surface area contributed by atoms with E-state index in [0.29, 0.717) is 6.04 Å². The van der Waals surface area contributed by atoms with Crippen LogP contribution in [0.4, 0.5) is 0 Å². The molecule has 0 bridgehead atoms. The second kappa shape index (κ2) is 7.49. The summed E-state index contributed by atoms with van der Waals surface area (Å²) in [6.07, 6.45) is 0.749. The van der Waals surface area contributed by atoms with Gasteiger partial charge < -0.3 is 14.9 Å². The Labute approximate surface area is 144 Å². The number of guanidine groups is 1. The van der Waals surface area contributed by atoms with Crippen molar-refractivity contribution in [1.29, 1.82) is 0 Å². The van der Waals surface area contributed by atoms with Crippen molar-refractivity contribution in [3.05, 3.63) is 71.8 Å². The standard InChI is InChI=1S/C20H25N3O/c1-22-14-19(17-11-7-4-8-12-17)23(2)20(22)21-18(15-24)13-16-9-5-3-6-10-16/h3-12,18-19,24H,13-15H2,1-2H3. The number of nitrogens with zero attached hydrogens (tertiary/aromatic N) is 3. The van der Waals surface area contributed by atoms with Gasteiger partial charge in [-0.15, -0.1) is 0 Å². The summed E-state index contributed by atoms with van der Waals surface area (Å²) in [7, 11) is 4.15. The van der Waals surface area contributed by atoms with Gasteiger partial charge in [-0.25, -0.2) is 4.99 Å². The quantitative estimate of drug-likeness (QED) is 0.919. The van der Waals surface area contributed by atoms with Crippen molar-refractivity contribution < 1.29 is 5.11 Å². The SMILES string of the molecule is CN1CC(c2ccccc2)N(C)C1=NC(CO)Cc1ccccc1. The van der Waals surface area contributed by atoms with Gasteiger partial charge in [-0.05, 0) is 17.5 Å². The van der Waals surface area contributed by atoms with Crippen molar-refractivity contribution in [2.24, 2.45) is 4.99 Å². The van der Waals surface area contributed by atoms with Gasteiger partial charge in [0.1, 0.15) is 0 Å². The minimum Gasteiger partial charge on any atom is -0.394 e. The summed E-state index contributed by atoms with van der Waals surface area (Å²) in [6, 6.07) is 20.9. The number of likely N-dealkylation sites (N-methyl/N-ethyl adjacent to an activating group) is 2. The Bertz CT molecular complexity index is 672. The van der Waals surface area contributed by atoms with E-state index in [1.54, 1.807) is 0 Å². The largest absolute Gasteiger partial charge is 0.394 e. The number of aliphatic hydroxyl groups excluding tert-OH is 1. The third-order valence-electron chi connectivity index (χ3n) is 4.58. The average Bonchev–Trinajstić information content (AvgIpc) is 2.91. The fourth-order valence-corrected chi connectivity index (χ4v) is 3.27. The zero-order valence-electron chi connectivity index (χ0n) is 14.3. The summed E-state index contributed by atoms with van der Waals surface area (Å²) in [5.74, 6) is 0.943. The second-order valence-electron chi connectivity index (χ2n) is 6.37. The molecule has 1 heterocycles. The Morgan fingerprint density at radius 2 is 1.67 bits per heavy atom. The van der Waals surface area contributed by atoms with Crippen LogP contribution in [0.15, 0.2) is 65.7 Å². The summed E-state index contributed by atoms with van der Waals surface area (Å²) < 4.78 is 0. The lowest BCUT2D eigenvalue weighted by atomic mass is 10.1. The maximum absolute atomic E-state index is 9.76. The van der Waals surface area contributed by atoms with Crippen LogP contribution in [0, 0.1) is 0 Å². The predicted molar refractivity (Wildman–Crippen MR) is 98.0 cm³/mol. The van der Waals surface area contributed by atoms with Crippen LogP contribution in [0.1, 0.15) is 17.2 Å². The molecule has 4 nitrogen and oxygen atoms in total. The molecule has 1 saturated heterocycles. The van der Waals surface area contributed by atoms with Crippen LogP contribution >= 0.6 is 0 Å². The average molecular weight is 323 g/mol. The summed E-state index contributed by atoms with van der Waals surface area (Å²) in [5.41, 5.74) is 2.49. The number of rotatable bonds is 5. The van der Waals surface area contributed by atoms with Crippen LogP contribution in [-0.4, -0.2) is 54.2 Å². The summed E-state index contributed by atoms with van der Waals surface area (Å²) in [6.45, 7) is 0.957. The van der Waals surface area contributed by atoms with Gasteiger partial charge in [0, 0.05) is 20.6 Å². The highest BCUT2D eigenvalue weighted by Crippen LogP contribution is 2.27. The number of hydrogen-bond acceptors (Lipinski definition) is 2. The monoisotopic (exact) mass is 323 g/mol. The molecule has 0 aromatic heterocycles. The molecular weight excluding hydrogens is 298 g/mol. The Kier molecular flexibility index (Phi) is 5.16. The first-order valence-corrected chi connectivity index (χ1v) is 8.40. The van der Waals surface area contributed by atoms with Gasteiger partial charge in [0.05, 0.1) is 18.7 Å². The van der Waals surface area contributed by atoms with Gasteiger partial charge in [-0.1, -0.05) is 60.7 Å². The molecule has 1 aliphatic rings. The fourth-order valence-electron chi connectivity index (χ4n) is 3.27. The lowest BCUT2D eigenvalue weighted by Gasteiger charge is -2.22. The van der Waals surface area contributed by atoms with Crippen molar-refractivity contribution in [2.45, 2.75) is 18.5 Å². The smallest absolute Gasteiger partial charge is 0.197 e. The van der Waals surface area contributed by atoms with E-state index in [9.17, 15) is 5.11 Å². The minimum absolute atomic E-state index is 0.0517. The Morgan fingerprint density at radius 1 is 1.04 bits per heavy atom. The van der Waals surface area contributed by atoms with Gasteiger partial charge in [0.2, 0.25) is 0 Å². The van der Waals surface area contributed by atoms with E-state index >= 15 is 0 Å². The fraction of sp³-hybridized carbons (Fsp3) is 0.350. The van der Waals surface area contributed by atoms with Crippen LogP contribution in [-0.2, 0) is 6.42 Å². The summed E-state index contributed by atoms with van der Waals surface area (Å²) in [5, 5.41) is 9.76. The highest BCUT2D eigenvalue weighted by molar-refractivity contribution is 5.82. The van der Waals surface area contributed by atoms with Crippen LogP contribution < -0.4 is 0 Å². The molecule has 0 aliphatic carbocycles. The van der Waals surface area contributed by atoms with Crippen molar-refractivity contribution in [1.82, 2.24) is 9.80 Å². The molecule has 0 radical (unpaired) electrons. The first-order chi connectivity index (χ1) is 11.7. The van der Waals surface area contributed by atoms with E-state index < -0.39 is 0 Å². The van der Waals surface area contributed by atoms with Gasteiger partial charge in [-0.3, -0.25) is 0 Å². The van der Waals surface area contributed by atoms with Gasteiger partial charge >= 0.3 is 0 Å². The van der Waals surface area contributed by atoms with E-state index in [1.807, 2.05) is 24.3 Å². The van der Waals surface area contributed by atoms with Crippen LogP contribution in [0.5, 0.6) is 0 Å². The van der Waals surface area contributed by atoms with E-state index in [2.05, 4.69) is 60.3 Å². The molecule has 0 amide bonds. The molecule has 1 fully saturated rings. The van der Waals surface area contributed by atoms with Crippen LogP contribution in [0.2, 0.25) is 0 Å². The zero-order chi connectivity index (χ0) is 16.9. The molecule has 2 aromatic rings. The van der Waals surface area contributed by atoms with E-state index in [4.69, 9.17) is 4.99 Å². The van der Waals surface area contributed by atoms with E-state index in [1.165, 1.54) is 11.1 Å². The van der Waals surface area contributed by atoms with Gasteiger partial charge in [-0.2, -0.15) is 0 Å². The molecule has 126 valence electrons. The lowest BCUT2D eigenvalue weighted by Crippen LogP contribution is -2.32. The molecule has 2 atom stereocenters. The number of benzene rings is 2. The first-order valence-electron chi connectivity index (χ1n) is 8.40. The third-order valence-corrected chi connectivity index (χ3v) is 4.58. The lowest BCUT2D eigenvalue weighted by molar-refractivity contribution is 0.264. The van der Waals surface area contributed by atoms with Crippen molar-refractivity contribution in [3.63, 3.8) is 0 Å². The minimum atomic E-state index is -0.123. The Balaban J connectivity index is 1.78. The molecule has 2 unspecified atom stereocenters. The Morgan fingerprint density at radius 3 is 2.29 bits per heavy atom. The summed E-state index contributed by atoms with van der Waals surface area (Å²) in [4.78, 5) is 9.23. The van der Waals surface area contributed by atoms with E-state index in [-0.39, 0.29) is 12.6 Å². The molecule has 1 aliphatic heterocycles. The topological polar surface area (TPSA) is 39.1 Å². The first kappa shape index (κ1) is 16.5. The molecule has 2 aromatic carbocycles. The van der Waals surface area contributed by atoms with Crippen molar-refractivity contribution in [2.75, 3.05) is 27.2 Å². The van der Waals surface area contributed by atoms with Crippen molar-refractivity contribution in [3.8, 4) is 0 Å². The molecule has 0 saturated carbocycles. The third kappa shape index (κ3) is 3.60. The predicted octanol–water partition coefficient (Wildman–Crippen LogP) is 2.56. The second-order valence-corrected chi connectivity index (χ2v) is 6.37. The highest BCUT2D eigenvalue weighted by Gasteiger charge is 2.32. The maximum Gasteiger partial charge on any atom is 0.197 e. The molecule has 0 spiro atoms. The van der Waals surface area contributed by atoms with Crippen molar-refractivity contribution >= 4 is 5.96 Å².